The smallest absolute Gasteiger partial charge is 0.319 e. The first kappa shape index (κ1) is 19.4. The lowest BCUT2D eigenvalue weighted by atomic mass is 9.75. The number of pyridine rings is 1. The lowest BCUT2D eigenvalue weighted by Gasteiger charge is -2.51. The number of amides is 2. The number of carbonyl (C=O) groups is 1. The summed E-state index contributed by atoms with van der Waals surface area (Å²) in [4.78, 5) is 21.8. The number of halogens is 3. The Bertz CT molecular complexity index is 927. The quantitative estimate of drug-likeness (QED) is 0.799. The van der Waals surface area contributed by atoms with Crippen LogP contribution in [0.15, 0.2) is 48.8 Å². The van der Waals surface area contributed by atoms with Crippen LogP contribution in [0.2, 0.25) is 0 Å². The molecule has 30 heavy (non-hydrogen) atoms. The Balaban J connectivity index is 1.42. The molecule has 1 aromatic carbocycles. The van der Waals surface area contributed by atoms with Crippen molar-refractivity contribution in [3.8, 4) is 0 Å². The van der Waals surface area contributed by atoms with E-state index in [1.54, 1.807) is 6.20 Å². The number of rotatable bonds is 2. The van der Waals surface area contributed by atoms with Crippen molar-refractivity contribution in [2.75, 3.05) is 25.0 Å². The molecule has 4 aliphatic rings. The number of nitrogens with zero attached hydrogens (tertiary/aromatic N) is 3. The number of nitrogens with one attached hydrogen (secondary N) is 1. The van der Waals surface area contributed by atoms with Gasteiger partial charge in [0.1, 0.15) is 0 Å². The Labute approximate surface area is 172 Å². The van der Waals surface area contributed by atoms with Gasteiger partial charge in [-0.25, -0.2) is 4.79 Å². The van der Waals surface area contributed by atoms with E-state index in [0.29, 0.717) is 12.5 Å². The van der Waals surface area contributed by atoms with Crippen LogP contribution < -0.4 is 5.32 Å². The second-order valence-corrected chi connectivity index (χ2v) is 8.41. The first-order chi connectivity index (χ1) is 14.4. The van der Waals surface area contributed by atoms with Crippen LogP contribution in [0.25, 0.3) is 0 Å². The number of hydrogen-bond acceptors (Lipinski definition) is 3. The number of aromatic nitrogens is 1. The van der Waals surface area contributed by atoms with Crippen molar-refractivity contribution in [1.82, 2.24) is 14.8 Å². The maximum Gasteiger partial charge on any atom is 0.416 e. The fourth-order valence-corrected chi connectivity index (χ4v) is 5.51. The first-order valence-electron chi connectivity index (χ1n) is 10.3. The molecule has 1 N–H and O–H groups in total. The third kappa shape index (κ3) is 3.33. The van der Waals surface area contributed by atoms with Gasteiger partial charge < -0.3 is 10.2 Å². The molecule has 3 atom stereocenters. The monoisotopic (exact) mass is 416 g/mol. The molecular weight excluding hydrogens is 393 g/mol. The van der Waals surface area contributed by atoms with Crippen molar-refractivity contribution >= 4 is 11.7 Å². The van der Waals surface area contributed by atoms with Crippen LogP contribution >= 0.6 is 0 Å². The topological polar surface area (TPSA) is 48.5 Å². The zero-order chi connectivity index (χ0) is 20.9. The summed E-state index contributed by atoms with van der Waals surface area (Å²) in [7, 11) is 0. The summed E-state index contributed by atoms with van der Waals surface area (Å²) in [5, 5.41) is 2.71. The molecule has 0 aliphatic carbocycles. The van der Waals surface area contributed by atoms with E-state index in [2.05, 4.69) is 15.2 Å². The number of hydrogen-bond donors (Lipinski definition) is 1. The summed E-state index contributed by atoms with van der Waals surface area (Å²) in [5.74, 6) is 0.577. The van der Waals surface area contributed by atoms with Crippen LogP contribution in [0.3, 0.4) is 0 Å². The number of alkyl halides is 3. The number of benzene rings is 1. The average molecular weight is 416 g/mol. The standard InChI is InChI=1S/C22H23F3N4O/c23-22(24,25)16-4-1-5-17(11-16)27-21(30)29-13-18(15-3-2-8-26-12-15)20-19(29)14-6-9-28(20)10-7-14/h1-5,8,11-12,14,18-20H,6-7,9-10,13H2,(H,27,30). The molecule has 1 aromatic heterocycles. The van der Waals surface area contributed by atoms with Crippen molar-refractivity contribution in [3.63, 3.8) is 0 Å². The van der Waals surface area contributed by atoms with Gasteiger partial charge in [0.15, 0.2) is 0 Å². The van der Waals surface area contributed by atoms with Crippen molar-refractivity contribution in [1.29, 1.82) is 0 Å². The van der Waals surface area contributed by atoms with Gasteiger partial charge in [-0.2, -0.15) is 13.2 Å². The highest BCUT2D eigenvalue weighted by Crippen LogP contribution is 2.46. The molecule has 0 saturated carbocycles. The highest BCUT2D eigenvalue weighted by Gasteiger charge is 2.54. The second-order valence-electron chi connectivity index (χ2n) is 8.41. The number of piperidine rings is 3. The Morgan fingerprint density at radius 3 is 2.60 bits per heavy atom. The average Bonchev–Trinajstić information content (AvgIpc) is 3.18. The summed E-state index contributed by atoms with van der Waals surface area (Å²) in [6, 6.07) is 8.74. The summed E-state index contributed by atoms with van der Waals surface area (Å²) in [6.07, 6.45) is 1.25. The molecule has 5 heterocycles. The zero-order valence-corrected chi connectivity index (χ0v) is 16.3. The van der Waals surface area contributed by atoms with Gasteiger partial charge in [-0.3, -0.25) is 9.88 Å². The maximum absolute atomic E-state index is 13.2. The van der Waals surface area contributed by atoms with Gasteiger partial charge in [0.25, 0.3) is 0 Å². The van der Waals surface area contributed by atoms with Crippen molar-refractivity contribution in [2.24, 2.45) is 5.92 Å². The van der Waals surface area contributed by atoms with Crippen LogP contribution in [0.5, 0.6) is 0 Å². The van der Waals surface area contributed by atoms with E-state index in [-0.39, 0.29) is 29.7 Å². The minimum atomic E-state index is -4.44. The van der Waals surface area contributed by atoms with E-state index < -0.39 is 11.7 Å². The first-order valence-corrected chi connectivity index (χ1v) is 10.3. The third-order valence-corrected chi connectivity index (χ3v) is 6.81. The lowest BCUT2D eigenvalue weighted by molar-refractivity contribution is -0.137. The molecule has 2 aromatic rings. The normalized spacial score (nSPS) is 30.2. The minimum Gasteiger partial charge on any atom is -0.319 e. The van der Waals surface area contributed by atoms with Gasteiger partial charge >= 0.3 is 12.2 Å². The molecule has 2 amide bonds. The fourth-order valence-electron chi connectivity index (χ4n) is 5.51. The van der Waals surface area contributed by atoms with Gasteiger partial charge in [-0.1, -0.05) is 12.1 Å². The number of likely N-dealkylation sites (tertiary alicyclic amines) is 1. The molecule has 4 aliphatic heterocycles. The molecular formula is C22H23F3N4O. The largest absolute Gasteiger partial charge is 0.416 e. The highest BCUT2D eigenvalue weighted by molar-refractivity contribution is 5.90. The van der Waals surface area contributed by atoms with Crippen LogP contribution in [0.4, 0.5) is 23.7 Å². The minimum absolute atomic E-state index is 0.0727. The zero-order valence-electron chi connectivity index (χ0n) is 16.3. The van der Waals surface area contributed by atoms with E-state index in [4.69, 9.17) is 0 Å². The molecule has 5 nitrogen and oxygen atoms in total. The Hall–Kier alpha value is -2.61. The van der Waals surface area contributed by atoms with Crippen LogP contribution in [-0.4, -0.2) is 52.5 Å². The van der Waals surface area contributed by atoms with Gasteiger partial charge in [0, 0.05) is 36.6 Å². The molecule has 2 bridgehead atoms. The molecule has 8 heteroatoms. The summed E-state index contributed by atoms with van der Waals surface area (Å²) >= 11 is 0. The van der Waals surface area contributed by atoms with E-state index in [1.807, 2.05) is 23.2 Å². The lowest BCUT2D eigenvalue weighted by Crippen LogP contribution is -2.61. The molecule has 6 rings (SSSR count). The van der Waals surface area contributed by atoms with E-state index >= 15 is 0 Å². The van der Waals surface area contributed by atoms with E-state index in [1.165, 1.54) is 12.1 Å². The Morgan fingerprint density at radius 1 is 1.10 bits per heavy atom. The molecule has 158 valence electrons. The van der Waals surface area contributed by atoms with Gasteiger partial charge in [-0.15, -0.1) is 0 Å². The van der Waals surface area contributed by atoms with Crippen molar-refractivity contribution in [2.45, 2.75) is 37.0 Å². The number of urea groups is 1. The molecule has 0 radical (unpaired) electrons. The number of fused-ring (bicyclic) bond motifs is 2. The van der Waals surface area contributed by atoms with Crippen LogP contribution in [0, 0.1) is 5.92 Å². The van der Waals surface area contributed by atoms with Crippen LogP contribution in [0.1, 0.15) is 29.9 Å². The maximum atomic E-state index is 13.2. The third-order valence-electron chi connectivity index (χ3n) is 6.81. The SMILES string of the molecule is O=C(Nc1cccc(C(F)(F)F)c1)N1CC(c2cccnc2)C2C1C1CCN2CC1. The van der Waals surface area contributed by atoms with Crippen LogP contribution in [-0.2, 0) is 6.18 Å². The molecule has 3 unspecified atom stereocenters. The fraction of sp³-hybridized carbons (Fsp3) is 0.455. The summed E-state index contributed by atoms with van der Waals surface area (Å²) in [6.45, 7) is 2.61. The van der Waals surface area contributed by atoms with E-state index in [9.17, 15) is 18.0 Å². The Morgan fingerprint density at radius 2 is 1.90 bits per heavy atom. The molecule has 4 fully saturated rings. The highest BCUT2D eigenvalue weighted by atomic mass is 19.4. The van der Waals surface area contributed by atoms with E-state index in [0.717, 1.165) is 43.6 Å². The number of carbonyl (C=O) groups excluding carboxylic acids is 1. The summed E-state index contributed by atoms with van der Waals surface area (Å²) in [5.41, 5.74) is 0.502. The van der Waals surface area contributed by atoms with Gasteiger partial charge in [0.05, 0.1) is 11.6 Å². The molecule has 4 saturated heterocycles. The summed E-state index contributed by atoms with van der Waals surface area (Å²) < 4.78 is 39.1. The second kappa shape index (κ2) is 7.27. The van der Waals surface area contributed by atoms with Gasteiger partial charge in [0.2, 0.25) is 0 Å². The Kier molecular flexibility index (Phi) is 4.69. The number of anilines is 1. The van der Waals surface area contributed by atoms with Crippen molar-refractivity contribution < 1.29 is 18.0 Å². The predicted molar refractivity (Wildman–Crippen MR) is 106 cm³/mol. The van der Waals surface area contributed by atoms with Crippen molar-refractivity contribution in [3.05, 3.63) is 59.9 Å². The molecule has 0 spiro atoms. The van der Waals surface area contributed by atoms with Gasteiger partial charge in [-0.05, 0) is 61.7 Å². The predicted octanol–water partition coefficient (Wildman–Crippen LogP) is 4.19.